The van der Waals surface area contributed by atoms with E-state index in [-0.39, 0.29) is 18.6 Å². The Morgan fingerprint density at radius 2 is 1.48 bits per heavy atom. The molecule has 0 aromatic heterocycles. The molecule has 5 heteroatoms. The molecule has 156 valence electrons. The fraction of sp³-hybridized carbons (Fsp3) is 0.458. The van der Waals surface area contributed by atoms with Gasteiger partial charge in [0.1, 0.15) is 12.7 Å². The monoisotopic (exact) mass is 395 g/mol. The number of carbonyl (C=O) groups excluding carboxylic acids is 1. The Morgan fingerprint density at radius 1 is 0.931 bits per heavy atom. The van der Waals surface area contributed by atoms with Gasteiger partial charge in [-0.2, -0.15) is 0 Å². The number of benzene rings is 2. The lowest BCUT2D eigenvalue weighted by molar-refractivity contribution is -0.127. The summed E-state index contributed by atoms with van der Waals surface area (Å²) in [5.41, 5.74) is 2.11. The van der Waals surface area contributed by atoms with Crippen LogP contribution in [0.25, 0.3) is 0 Å². The van der Waals surface area contributed by atoms with E-state index in [0.717, 1.165) is 56.8 Å². The van der Waals surface area contributed by atoms with Crippen LogP contribution < -0.4 is 5.32 Å². The van der Waals surface area contributed by atoms with Crippen molar-refractivity contribution in [1.82, 2.24) is 15.1 Å². The second kappa shape index (κ2) is 11.7. The molecule has 2 aromatic carbocycles. The van der Waals surface area contributed by atoms with Gasteiger partial charge in [-0.15, -0.1) is 0 Å². The van der Waals surface area contributed by atoms with Crippen molar-refractivity contribution in [3.63, 3.8) is 0 Å². The number of hydrogen-bond donors (Lipinski definition) is 1. The average Bonchev–Trinajstić information content (AvgIpc) is 2.79. The van der Waals surface area contributed by atoms with Crippen LogP contribution in [-0.4, -0.2) is 68.1 Å². The van der Waals surface area contributed by atoms with Crippen molar-refractivity contribution in [3.8, 4) is 0 Å². The highest BCUT2D eigenvalue weighted by Crippen LogP contribution is 2.25. The van der Waals surface area contributed by atoms with Gasteiger partial charge >= 0.3 is 0 Å². The summed E-state index contributed by atoms with van der Waals surface area (Å²) in [6.45, 7) is 9.69. The molecular formula is C24H33N3O2. The van der Waals surface area contributed by atoms with Crippen LogP contribution in [0.5, 0.6) is 0 Å². The Bertz CT molecular complexity index is 676. The number of amides is 1. The fourth-order valence-electron chi connectivity index (χ4n) is 3.71. The van der Waals surface area contributed by atoms with Crippen LogP contribution in [0.1, 0.15) is 30.6 Å². The molecule has 0 bridgehead atoms. The summed E-state index contributed by atoms with van der Waals surface area (Å²) in [4.78, 5) is 17.2. The summed E-state index contributed by atoms with van der Waals surface area (Å²) in [5, 5.41) is 3.00. The standard InChI is InChI=1S/C24H33N3O2/c1-2-26-16-18-27(19-17-26)15-9-14-25-23(28)20-29-24(21-10-5-3-6-11-21)22-12-7-4-8-13-22/h3-8,10-13,24H,2,9,14-20H2,1H3,(H,25,28). The topological polar surface area (TPSA) is 44.8 Å². The van der Waals surface area contributed by atoms with E-state index in [1.54, 1.807) is 0 Å². The summed E-state index contributed by atoms with van der Waals surface area (Å²) in [6.07, 6.45) is 0.733. The van der Waals surface area contributed by atoms with Crippen molar-refractivity contribution >= 4 is 5.91 Å². The molecule has 0 atom stereocenters. The van der Waals surface area contributed by atoms with Gasteiger partial charge in [0.2, 0.25) is 5.91 Å². The third-order valence-corrected chi connectivity index (χ3v) is 5.47. The van der Waals surface area contributed by atoms with Crippen LogP contribution in [0.3, 0.4) is 0 Å². The minimum atomic E-state index is -0.238. The summed E-state index contributed by atoms with van der Waals surface area (Å²) < 4.78 is 6.02. The molecule has 3 rings (SSSR count). The lowest BCUT2D eigenvalue weighted by Crippen LogP contribution is -2.46. The van der Waals surface area contributed by atoms with Crippen LogP contribution in [-0.2, 0) is 9.53 Å². The molecule has 29 heavy (non-hydrogen) atoms. The number of hydrogen-bond acceptors (Lipinski definition) is 4. The first-order valence-corrected chi connectivity index (χ1v) is 10.7. The third kappa shape index (κ3) is 6.96. The molecule has 1 amide bonds. The van der Waals surface area contributed by atoms with E-state index in [0.29, 0.717) is 6.54 Å². The van der Waals surface area contributed by atoms with E-state index in [1.165, 1.54) is 0 Å². The zero-order chi connectivity index (χ0) is 20.3. The first-order chi connectivity index (χ1) is 14.3. The summed E-state index contributed by atoms with van der Waals surface area (Å²) in [6, 6.07) is 20.1. The molecule has 0 saturated carbocycles. The number of carbonyl (C=O) groups is 1. The highest BCUT2D eigenvalue weighted by atomic mass is 16.5. The van der Waals surface area contributed by atoms with Crippen LogP contribution in [0.2, 0.25) is 0 Å². The van der Waals surface area contributed by atoms with Gasteiger partial charge in [-0.3, -0.25) is 4.79 Å². The second-order valence-electron chi connectivity index (χ2n) is 7.49. The maximum absolute atomic E-state index is 12.3. The summed E-state index contributed by atoms with van der Waals surface area (Å²) in [5.74, 6) is -0.0577. The van der Waals surface area contributed by atoms with Crippen molar-refractivity contribution in [3.05, 3.63) is 71.8 Å². The Balaban J connectivity index is 1.40. The molecule has 2 aromatic rings. The third-order valence-electron chi connectivity index (χ3n) is 5.47. The predicted octanol–water partition coefficient (Wildman–Crippen LogP) is 2.94. The quantitative estimate of drug-likeness (QED) is 0.629. The van der Waals surface area contributed by atoms with Crippen molar-refractivity contribution in [1.29, 1.82) is 0 Å². The highest BCUT2D eigenvalue weighted by Gasteiger charge is 2.17. The van der Waals surface area contributed by atoms with Crippen LogP contribution in [0, 0.1) is 0 Å². The second-order valence-corrected chi connectivity index (χ2v) is 7.49. The van der Waals surface area contributed by atoms with Gasteiger partial charge in [0.15, 0.2) is 0 Å². The van der Waals surface area contributed by atoms with Gasteiger partial charge in [0.05, 0.1) is 0 Å². The molecule has 1 aliphatic heterocycles. The zero-order valence-electron chi connectivity index (χ0n) is 17.4. The maximum Gasteiger partial charge on any atom is 0.246 e. The van der Waals surface area contributed by atoms with Gasteiger partial charge in [0.25, 0.3) is 0 Å². The Hall–Kier alpha value is -2.21. The van der Waals surface area contributed by atoms with Gasteiger partial charge in [-0.25, -0.2) is 0 Å². The van der Waals surface area contributed by atoms with E-state index in [4.69, 9.17) is 4.74 Å². The molecule has 0 aliphatic carbocycles. The molecule has 1 N–H and O–H groups in total. The molecule has 1 fully saturated rings. The fourth-order valence-corrected chi connectivity index (χ4v) is 3.71. The normalized spacial score (nSPS) is 15.5. The number of rotatable bonds is 10. The first kappa shape index (κ1) is 21.5. The van der Waals surface area contributed by atoms with Gasteiger partial charge in [-0.05, 0) is 30.6 Å². The maximum atomic E-state index is 12.3. The van der Waals surface area contributed by atoms with Crippen molar-refractivity contribution in [2.75, 3.05) is 52.4 Å². The first-order valence-electron chi connectivity index (χ1n) is 10.7. The summed E-state index contributed by atoms with van der Waals surface area (Å²) >= 11 is 0. The Labute approximate surface area is 174 Å². The molecule has 5 nitrogen and oxygen atoms in total. The number of nitrogens with one attached hydrogen (secondary N) is 1. The van der Waals surface area contributed by atoms with Crippen molar-refractivity contribution in [2.45, 2.75) is 19.4 Å². The van der Waals surface area contributed by atoms with Gasteiger partial charge < -0.3 is 19.9 Å². The molecule has 0 spiro atoms. The smallest absolute Gasteiger partial charge is 0.246 e. The van der Waals surface area contributed by atoms with E-state index < -0.39 is 0 Å². The molecular weight excluding hydrogens is 362 g/mol. The molecule has 0 radical (unpaired) electrons. The van der Waals surface area contributed by atoms with Crippen LogP contribution in [0.15, 0.2) is 60.7 Å². The zero-order valence-corrected chi connectivity index (χ0v) is 17.4. The van der Waals surface area contributed by atoms with Crippen molar-refractivity contribution in [2.24, 2.45) is 0 Å². The number of piperazine rings is 1. The predicted molar refractivity (Wildman–Crippen MR) is 117 cm³/mol. The molecule has 0 unspecified atom stereocenters. The van der Waals surface area contributed by atoms with Gasteiger partial charge in [0, 0.05) is 32.7 Å². The lowest BCUT2D eigenvalue weighted by atomic mass is 10.0. The average molecular weight is 396 g/mol. The highest BCUT2D eigenvalue weighted by molar-refractivity contribution is 5.77. The van der Waals surface area contributed by atoms with E-state index >= 15 is 0 Å². The van der Waals surface area contributed by atoms with Crippen molar-refractivity contribution < 1.29 is 9.53 Å². The lowest BCUT2D eigenvalue weighted by Gasteiger charge is -2.33. The Kier molecular flexibility index (Phi) is 8.68. The summed E-state index contributed by atoms with van der Waals surface area (Å²) in [7, 11) is 0. The van der Waals surface area contributed by atoms with E-state index in [9.17, 15) is 4.79 Å². The SMILES string of the molecule is CCN1CCN(CCCNC(=O)COC(c2ccccc2)c2ccccc2)CC1. The van der Waals surface area contributed by atoms with Crippen LogP contribution >= 0.6 is 0 Å². The minimum absolute atomic E-state index is 0.0577. The number of ether oxygens (including phenoxy) is 1. The van der Waals surface area contributed by atoms with Gasteiger partial charge in [-0.1, -0.05) is 67.6 Å². The molecule has 1 heterocycles. The molecule has 1 saturated heterocycles. The minimum Gasteiger partial charge on any atom is -0.359 e. The molecule has 1 aliphatic rings. The Morgan fingerprint density at radius 3 is 2.03 bits per heavy atom. The number of likely N-dealkylation sites (N-methyl/N-ethyl adjacent to an activating group) is 1. The number of nitrogens with zero attached hydrogens (tertiary/aromatic N) is 2. The van der Waals surface area contributed by atoms with Crippen LogP contribution in [0.4, 0.5) is 0 Å². The van der Waals surface area contributed by atoms with E-state index in [2.05, 4.69) is 22.0 Å². The van der Waals surface area contributed by atoms with E-state index in [1.807, 2.05) is 60.7 Å². The largest absolute Gasteiger partial charge is 0.359 e.